The lowest BCUT2D eigenvalue weighted by Gasteiger charge is -2.20. The summed E-state index contributed by atoms with van der Waals surface area (Å²) in [7, 11) is -0.785. The molecule has 2 unspecified atom stereocenters. The first-order valence-corrected chi connectivity index (χ1v) is 7.16. The Morgan fingerprint density at radius 3 is 2.60 bits per heavy atom. The maximum atomic E-state index is 11.8. The minimum Gasteiger partial charge on any atom is -0.341 e. The third-order valence-corrected chi connectivity index (χ3v) is 3.41. The summed E-state index contributed by atoms with van der Waals surface area (Å²) < 4.78 is 10.8. The second-order valence-corrected chi connectivity index (χ2v) is 5.54. The van der Waals surface area contributed by atoms with Crippen LogP contribution in [0.25, 0.3) is 0 Å². The SMILES string of the molecule is CC(NCCS(C)=O)C(=O)N1CCCC1. The zero-order valence-electron chi connectivity index (χ0n) is 9.49. The van der Waals surface area contributed by atoms with Crippen molar-refractivity contribution in [2.24, 2.45) is 0 Å². The Morgan fingerprint density at radius 1 is 1.47 bits per heavy atom. The van der Waals surface area contributed by atoms with Gasteiger partial charge in [-0.3, -0.25) is 9.00 Å². The molecule has 2 atom stereocenters. The molecule has 4 nitrogen and oxygen atoms in total. The van der Waals surface area contributed by atoms with Crippen LogP contribution in [0.5, 0.6) is 0 Å². The van der Waals surface area contributed by atoms with Crippen LogP contribution in [0, 0.1) is 0 Å². The normalized spacial score (nSPS) is 20.3. The van der Waals surface area contributed by atoms with E-state index in [4.69, 9.17) is 0 Å². The summed E-state index contributed by atoms with van der Waals surface area (Å²) in [5.74, 6) is 0.784. The average Bonchev–Trinajstić information content (AvgIpc) is 2.68. The lowest BCUT2D eigenvalue weighted by molar-refractivity contribution is -0.131. The zero-order valence-corrected chi connectivity index (χ0v) is 10.3. The number of carbonyl (C=O) groups is 1. The third kappa shape index (κ3) is 4.30. The summed E-state index contributed by atoms with van der Waals surface area (Å²) in [6.07, 6.45) is 3.92. The minimum absolute atomic E-state index is 0.147. The van der Waals surface area contributed by atoms with Crippen LogP contribution in [-0.2, 0) is 15.6 Å². The largest absolute Gasteiger partial charge is 0.341 e. The predicted molar refractivity (Wildman–Crippen MR) is 62.2 cm³/mol. The molecule has 1 aliphatic heterocycles. The molecule has 1 aliphatic rings. The van der Waals surface area contributed by atoms with E-state index in [1.165, 1.54) is 0 Å². The van der Waals surface area contributed by atoms with Gasteiger partial charge in [-0.25, -0.2) is 0 Å². The number of hydrogen-bond acceptors (Lipinski definition) is 3. The van der Waals surface area contributed by atoms with Gasteiger partial charge in [0.15, 0.2) is 0 Å². The first kappa shape index (κ1) is 12.6. The number of nitrogens with zero attached hydrogens (tertiary/aromatic N) is 1. The number of nitrogens with one attached hydrogen (secondary N) is 1. The number of hydrogen-bond donors (Lipinski definition) is 1. The van der Waals surface area contributed by atoms with Crippen molar-refractivity contribution < 1.29 is 9.00 Å². The first-order valence-electron chi connectivity index (χ1n) is 5.43. The van der Waals surface area contributed by atoms with E-state index in [9.17, 15) is 9.00 Å². The standard InChI is InChI=1S/C10H20N2O2S/c1-9(11-5-8-15(2)14)10(13)12-6-3-4-7-12/h9,11H,3-8H2,1-2H3. The van der Waals surface area contributed by atoms with Crippen LogP contribution in [0.3, 0.4) is 0 Å². The van der Waals surface area contributed by atoms with Gasteiger partial charge in [-0.2, -0.15) is 0 Å². The van der Waals surface area contributed by atoms with E-state index in [1.807, 2.05) is 11.8 Å². The van der Waals surface area contributed by atoms with Crippen LogP contribution in [-0.4, -0.2) is 52.7 Å². The highest BCUT2D eigenvalue weighted by Crippen LogP contribution is 2.08. The molecular weight excluding hydrogens is 212 g/mol. The number of carbonyl (C=O) groups excluding carboxylic acids is 1. The topological polar surface area (TPSA) is 49.4 Å². The second kappa shape index (κ2) is 6.23. The molecule has 1 fully saturated rings. The van der Waals surface area contributed by atoms with Crippen molar-refractivity contribution in [3.8, 4) is 0 Å². The fourth-order valence-electron chi connectivity index (χ4n) is 1.72. The quantitative estimate of drug-likeness (QED) is 0.724. The summed E-state index contributed by atoms with van der Waals surface area (Å²) in [4.78, 5) is 13.7. The van der Waals surface area contributed by atoms with E-state index in [0.717, 1.165) is 25.9 Å². The second-order valence-electron chi connectivity index (χ2n) is 3.99. The van der Waals surface area contributed by atoms with E-state index in [1.54, 1.807) is 6.26 Å². The van der Waals surface area contributed by atoms with Gasteiger partial charge < -0.3 is 10.2 Å². The highest BCUT2D eigenvalue weighted by molar-refractivity contribution is 7.84. The lowest BCUT2D eigenvalue weighted by atomic mass is 10.3. The maximum absolute atomic E-state index is 11.8. The molecule has 1 N–H and O–H groups in total. The fraction of sp³-hybridized carbons (Fsp3) is 0.900. The number of amides is 1. The summed E-state index contributed by atoms with van der Waals surface area (Å²) in [6.45, 7) is 4.30. The number of rotatable bonds is 5. The van der Waals surface area contributed by atoms with Gasteiger partial charge in [-0.1, -0.05) is 0 Å². The van der Waals surface area contributed by atoms with E-state index in [-0.39, 0.29) is 11.9 Å². The average molecular weight is 232 g/mol. The molecule has 0 saturated carbocycles. The molecular formula is C10H20N2O2S. The van der Waals surface area contributed by atoms with Crippen molar-refractivity contribution in [2.45, 2.75) is 25.8 Å². The maximum Gasteiger partial charge on any atom is 0.239 e. The van der Waals surface area contributed by atoms with Crippen molar-refractivity contribution in [1.29, 1.82) is 0 Å². The van der Waals surface area contributed by atoms with Gasteiger partial charge in [-0.15, -0.1) is 0 Å². The lowest BCUT2D eigenvalue weighted by Crippen LogP contribution is -2.44. The number of likely N-dealkylation sites (tertiary alicyclic amines) is 1. The molecule has 0 spiro atoms. The van der Waals surface area contributed by atoms with Gasteiger partial charge in [0.2, 0.25) is 5.91 Å². The molecule has 0 aliphatic carbocycles. The highest BCUT2D eigenvalue weighted by Gasteiger charge is 2.22. The van der Waals surface area contributed by atoms with Gasteiger partial charge in [0.05, 0.1) is 6.04 Å². The van der Waals surface area contributed by atoms with E-state index >= 15 is 0 Å². The van der Waals surface area contributed by atoms with Crippen LogP contribution < -0.4 is 5.32 Å². The molecule has 0 aromatic rings. The molecule has 15 heavy (non-hydrogen) atoms. The Balaban J connectivity index is 2.23. The fourth-order valence-corrected chi connectivity index (χ4v) is 2.12. The van der Waals surface area contributed by atoms with E-state index in [2.05, 4.69) is 5.32 Å². The van der Waals surface area contributed by atoms with Crippen LogP contribution in [0.15, 0.2) is 0 Å². The summed E-state index contributed by atoms with van der Waals surface area (Å²) in [5, 5.41) is 3.11. The van der Waals surface area contributed by atoms with E-state index < -0.39 is 10.8 Å². The molecule has 0 aromatic carbocycles. The van der Waals surface area contributed by atoms with Gasteiger partial charge in [-0.05, 0) is 19.8 Å². The molecule has 5 heteroatoms. The monoisotopic (exact) mass is 232 g/mol. The van der Waals surface area contributed by atoms with Gasteiger partial charge in [0.1, 0.15) is 0 Å². The molecule has 88 valence electrons. The van der Waals surface area contributed by atoms with Crippen molar-refractivity contribution in [3.63, 3.8) is 0 Å². The Kier molecular flexibility index (Phi) is 5.25. The highest BCUT2D eigenvalue weighted by atomic mass is 32.2. The Morgan fingerprint density at radius 2 is 2.07 bits per heavy atom. The molecule has 1 heterocycles. The van der Waals surface area contributed by atoms with Crippen molar-refractivity contribution in [3.05, 3.63) is 0 Å². The summed E-state index contributed by atoms with van der Waals surface area (Å²) in [6, 6.07) is -0.147. The molecule has 0 bridgehead atoms. The molecule has 0 radical (unpaired) electrons. The molecule has 1 amide bonds. The van der Waals surface area contributed by atoms with E-state index in [0.29, 0.717) is 12.3 Å². The van der Waals surface area contributed by atoms with Crippen LogP contribution >= 0.6 is 0 Å². The summed E-state index contributed by atoms with van der Waals surface area (Å²) >= 11 is 0. The third-order valence-electron chi connectivity index (χ3n) is 2.63. The Labute approximate surface area is 93.9 Å². The van der Waals surface area contributed by atoms with Crippen molar-refractivity contribution in [1.82, 2.24) is 10.2 Å². The molecule has 1 rings (SSSR count). The van der Waals surface area contributed by atoms with Gasteiger partial charge >= 0.3 is 0 Å². The first-order chi connectivity index (χ1) is 7.11. The Bertz CT molecular complexity index is 240. The molecule has 0 aromatic heterocycles. The molecule has 1 saturated heterocycles. The van der Waals surface area contributed by atoms with Crippen molar-refractivity contribution >= 4 is 16.7 Å². The van der Waals surface area contributed by atoms with Crippen LogP contribution in [0.4, 0.5) is 0 Å². The predicted octanol–water partition coefficient (Wildman–Crippen LogP) is -0.0346. The van der Waals surface area contributed by atoms with Gasteiger partial charge in [0, 0.05) is 42.4 Å². The summed E-state index contributed by atoms with van der Waals surface area (Å²) in [5.41, 5.74) is 0. The van der Waals surface area contributed by atoms with Gasteiger partial charge in [0.25, 0.3) is 0 Å². The Hall–Kier alpha value is -0.420. The smallest absolute Gasteiger partial charge is 0.239 e. The minimum atomic E-state index is -0.785. The van der Waals surface area contributed by atoms with Crippen molar-refractivity contribution in [2.75, 3.05) is 31.6 Å². The zero-order chi connectivity index (χ0) is 11.3. The van der Waals surface area contributed by atoms with Crippen LogP contribution in [0.2, 0.25) is 0 Å². The van der Waals surface area contributed by atoms with Crippen LogP contribution in [0.1, 0.15) is 19.8 Å².